The molecule has 2 aromatic rings. The van der Waals surface area contributed by atoms with Gasteiger partial charge in [0.05, 0.1) is 11.3 Å². The van der Waals surface area contributed by atoms with Gasteiger partial charge in [0.15, 0.2) is 5.11 Å². The molecule has 0 heterocycles. The van der Waals surface area contributed by atoms with Gasteiger partial charge in [0, 0.05) is 11.6 Å². The van der Waals surface area contributed by atoms with E-state index in [1.807, 2.05) is 32.9 Å². The van der Waals surface area contributed by atoms with Gasteiger partial charge >= 0.3 is 0 Å². The number of hydrogen-bond donors (Lipinski definition) is 3. The fraction of sp³-hybridized carbons (Fsp3) is 0.250. The van der Waals surface area contributed by atoms with E-state index < -0.39 is 0 Å². The number of carbonyl (C=O) groups excluding carboxylic acids is 2. The summed E-state index contributed by atoms with van der Waals surface area (Å²) in [5.41, 5.74) is 2.53. The number of para-hydroxylation sites is 1. The fourth-order valence-electron chi connectivity index (χ4n) is 2.31. The molecule has 3 N–H and O–H groups in total. The molecule has 136 valence electrons. The van der Waals surface area contributed by atoms with E-state index in [-0.39, 0.29) is 23.0 Å². The summed E-state index contributed by atoms with van der Waals surface area (Å²) in [4.78, 5) is 24.7. The van der Waals surface area contributed by atoms with Crippen molar-refractivity contribution in [1.29, 1.82) is 0 Å². The average molecular weight is 369 g/mol. The van der Waals surface area contributed by atoms with E-state index in [1.165, 1.54) is 0 Å². The second-order valence-electron chi connectivity index (χ2n) is 6.11. The number of thiocarbonyl (C=S) groups is 1. The van der Waals surface area contributed by atoms with Crippen molar-refractivity contribution in [3.8, 4) is 0 Å². The summed E-state index contributed by atoms with van der Waals surface area (Å²) in [5, 5.41) is 8.64. The molecule has 1 atom stereocenters. The molecule has 0 aromatic heterocycles. The fourth-order valence-corrected chi connectivity index (χ4v) is 2.51. The van der Waals surface area contributed by atoms with Gasteiger partial charge in [-0.3, -0.25) is 14.9 Å². The van der Waals surface area contributed by atoms with Crippen LogP contribution >= 0.6 is 12.2 Å². The van der Waals surface area contributed by atoms with E-state index >= 15 is 0 Å². The second kappa shape index (κ2) is 9.10. The predicted molar refractivity (Wildman–Crippen MR) is 109 cm³/mol. The zero-order chi connectivity index (χ0) is 19.1. The number of hydrogen-bond acceptors (Lipinski definition) is 3. The number of aryl methyl sites for hydroxylation is 1. The van der Waals surface area contributed by atoms with Gasteiger partial charge in [-0.25, -0.2) is 0 Å². The SMILES string of the molecule is CCC(C)NC(=O)c1ccccc1NC(=S)NC(=O)c1cccc(C)c1. The molecule has 6 heteroatoms. The summed E-state index contributed by atoms with van der Waals surface area (Å²) in [6.45, 7) is 5.87. The van der Waals surface area contributed by atoms with Crippen LogP contribution in [0.5, 0.6) is 0 Å². The van der Waals surface area contributed by atoms with Crippen molar-refractivity contribution in [1.82, 2.24) is 10.6 Å². The van der Waals surface area contributed by atoms with Gasteiger partial charge in [-0.2, -0.15) is 0 Å². The third kappa shape index (κ3) is 5.39. The lowest BCUT2D eigenvalue weighted by molar-refractivity contribution is 0.0938. The molecule has 0 saturated carbocycles. The average Bonchev–Trinajstić information content (AvgIpc) is 2.61. The Morgan fingerprint density at radius 2 is 1.81 bits per heavy atom. The van der Waals surface area contributed by atoms with E-state index in [2.05, 4.69) is 16.0 Å². The second-order valence-corrected chi connectivity index (χ2v) is 6.51. The molecule has 1 unspecified atom stereocenters. The van der Waals surface area contributed by atoms with Crippen LogP contribution in [-0.2, 0) is 0 Å². The summed E-state index contributed by atoms with van der Waals surface area (Å²) in [5.74, 6) is -0.483. The van der Waals surface area contributed by atoms with Crippen molar-refractivity contribution in [3.63, 3.8) is 0 Å². The minimum atomic E-state index is -0.298. The maximum Gasteiger partial charge on any atom is 0.257 e. The molecule has 26 heavy (non-hydrogen) atoms. The first-order chi connectivity index (χ1) is 12.4. The molecule has 0 fully saturated rings. The summed E-state index contributed by atoms with van der Waals surface area (Å²) >= 11 is 5.23. The normalized spacial score (nSPS) is 11.3. The van der Waals surface area contributed by atoms with E-state index in [1.54, 1.807) is 36.4 Å². The van der Waals surface area contributed by atoms with Crippen molar-refractivity contribution >= 4 is 34.8 Å². The Balaban J connectivity index is 2.07. The molecule has 0 aliphatic rings. The lowest BCUT2D eigenvalue weighted by Crippen LogP contribution is -2.36. The smallest absolute Gasteiger partial charge is 0.257 e. The first-order valence-electron chi connectivity index (χ1n) is 8.49. The molecule has 0 saturated heterocycles. The maximum absolute atomic E-state index is 12.4. The largest absolute Gasteiger partial charge is 0.350 e. The third-order valence-electron chi connectivity index (χ3n) is 3.92. The summed E-state index contributed by atoms with van der Waals surface area (Å²) in [7, 11) is 0. The molecule has 2 rings (SSSR count). The van der Waals surface area contributed by atoms with Crippen molar-refractivity contribution in [2.24, 2.45) is 0 Å². The molecule has 0 radical (unpaired) electrons. The Kier molecular flexibility index (Phi) is 6.86. The van der Waals surface area contributed by atoms with Gasteiger partial charge in [-0.1, -0.05) is 36.8 Å². The zero-order valence-electron chi connectivity index (χ0n) is 15.1. The van der Waals surface area contributed by atoms with Crippen LogP contribution in [-0.4, -0.2) is 23.0 Å². The minimum Gasteiger partial charge on any atom is -0.350 e. The first kappa shape index (κ1) is 19.6. The van der Waals surface area contributed by atoms with E-state index in [0.29, 0.717) is 16.8 Å². The lowest BCUT2D eigenvalue weighted by Gasteiger charge is -2.16. The van der Waals surface area contributed by atoms with Crippen molar-refractivity contribution < 1.29 is 9.59 Å². The van der Waals surface area contributed by atoms with Crippen LogP contribution in [0.4, 0.5) is 5.69 Å². The van der Waals surface area contributed by atoms with Crippen molar-refractivity contribution in [2.75, 3.05) is 5.32 Å². The number of anilines is 1. The van der Waals surface area contributed by atoms with Crippen molar-refractivity contribution in [3.05, 3.63) is 65.2 Å². The molecule has 0 bridgehead atoms. The molecule has 2 aromatic carbocycles. The lowest BCUT2D eigenvalue weighted by atomic mass is 10.1. The van der Waals surface area contributed by atoms with Gasteiger partial charge in [-0.05, 0) is 56.8 Å². The van der Waals surface area contributed by atoms with Crippen LogP contribution in [0.1, 0.15) is 46.5 Å². The van der Waals surface area contributed by atoms with Gasteiger partial charge in [0.2, 0.25) is 0 Å². The Morgan fingerprint density at radius 1 is 1.08 bits per heavy atom. The van der Waals surface area contributed by atoms with Crippen LogP contribution < -0.4 is 16.0 Å². The number of benzene rings is 2. The van der Waals surface area contributed by atoms with Gasteiger partial charge in [0.1, 0.15) is 0 Å². The molecule has 2 amide bonds. The minimum absolute atomic E-state index is 0.0727. The Hall–Kier alpha value is -2.73. The zero-order valence-corrected chi connectivity index (χ0v) is 15.9. The Morgan fingerprint density at radius 3 is 2.50 bits per heavy atom. The van der Waals surface area contributed by atoms with Crippen LogP contribution in [0.3, 0.4) is 0 Å². The van der Waals surface area contributed by atoms with E-state index in [0.717, 1.165) is 12.0 Å². The van der Waals surface area contributed by atoms with Gasteiger partial charge in [0.25, 0.3) is 11.8 Å². The first-order valence-corrected chi connectivity index (χ1v) is 8.90. The molecule has 5 nitrogen and oxygen atoms in total. The predicted octanol–water partition coefficient (Wildman–Crippen LogP) is 3.65. The molecule has 0 aliphatic heterocycles. The molecular weight excluding hydrogens is 346 g/mol. The number of rotatable bonds is 5. The summed E-state index contributed by atoms with van der Waals surface area (Å²) in [6, 6.07) is 14.3. The third-order valence-corrected chi connectivity index (χ3v) is 4.12. The van der Waals surface area contributed by atoms with Crippen LogP contribution in [0, 0.1) is 6.92 Å². The van der Waals surface area contributed by atoms with Crippen LogP contribution in [0.25, 0.3) is 0 Å². The number of amides is 2. The molecule has 0 aliphatic carbocycles. The van der Waals surface area contributed by atoms with Gasteiger partial charge < -0.3 is 10.6 Å². The molecular formula is C20H23N3O2S. The summed E-state index contributed by atoms with van der Waals surface area (Å²) < 4.78 is 0. The Bertz CT molecular complexity index is 820. The topological polar surface area (TPSA) is 70.2 Å². The maximum atomic E-state index is 12.4. The molecule has 0 spiro atoms. The highest BCUT2D eigenvalue weighted by molar-refractivity contribution is 7.80. The van der Waals surface area contributed by atoms with E-state index in [4.69, 9.17) is 12.2 Å². The standard InChI is InChI=1S/C20H23N3O2S/c1-4-14(3)21-19(25)16-10-5-6-11-17(16)22-20(26)23-18(24)15-9-7-8-13(2)12-15/h5-12,14H,4H2,1-3H3,(H,21,25)(H2,22,23,24,26). The summed E-state index contributed by atoms with van der Waals surface area (Å²) in [6.07, 6.45) is 0.840. The monoisotopic (exact) mass is 369 g/mol. The van der Waals surface area contributed by atoms with E-state index in [9.17, 15) is 9.59 Å². The van der Waals surface area contributed by atoms with Gasteiger partial charge in [-0.15, -0.1) is 0 Å². The van der Waals surface area contributed by atoms with Crippen LogP contribution in [0.2, 0.25) is 0 Å². The Labute approximate surface area is 159 Å². The van der Waals surface area contributed by atoms with Crippen molar-refractivity contribution in [2.45, 2.75) is 33.2 Å². The highest BCUT2D eigenvalue weighted by atomic mass is 32.1. The number of nitrogens with one attached hydrogen (secondary N) is 3. The quantitative estimate of drug-likeness (QED) is 0.704. The number of carbonyl (C=O) groups is 2. The van der Waals surface area contributed by atoms with Crippen LogP contribution in [0.15, 0.2) is 48.5 Å². The highest BCUT2D eigenvalue weighted by Crippen LogP contribution is 2.15. The highest BCUT2D eigenvalue weighted by Gasteiger charge is 2.14.